The minimum Gasteiger partial charge on any atom is -0.377 e. The molecule has 3 nitrogen and oxygen atoms in total. The van der Waals surface area contributed by atoms with Gasteiger partial charge in [-0.15, -0.1) is 0 Å². The minimum absolute atomic E-state index is 0.0284. The van der Waals surface area contributed by atoms with Crippen molar-refractivity contribution in [2.45, 2.75) is 13.0 Å². The highest BCUT2D eigenvalue weighted by Gasteiger charge is 2.24. The zero-order valence-corrected chi connectivity index (χ0v) is 11.0. The number of hydrogen-bond acceptors (Lipinski definition) is 2. The fourth-order valence-corrected chi connectivity index (χ4v) is 2.12. The largest absolute Gasteiger partial charge is 0.377 e. The standard InChI is InChI=1S/C12H13Cl2NO2/c1-8-7-17-5-4-15(8)12(16)9-2-3-10(13)11(14)6-9/h2-3,6,8H,4-5,7H2,1H3. The fourth-order valence-electron chi connectivity index (χ4n) is 1.82. The monoisotopic (exact) mass is 273 g/mol. The molecule has 0 aromatic heterocycles. The second-order valence-electron chi connectivity index (χ2n) is 4.05. The van der Waals surface area contributed by atoms with Crippen LogP contribution in [-0.4, -0.2) is 36.6 Å². The van der Waals surface area contributed by atoms with Crippen LogP contribution in [0.25, 0.3) is 0 Å². The Morgan fingerprint density at radius 1 is 1.41 bits per heavy atom. The van der Waals surface area contributed by atoms with E-state index in [0.29, 0.717) is 35.4 Å². The van der Waals surface area contributed by atoms with Gasteiger partial charge in [0.15, 0.2) is 0 Å². The Kier molecular flexibility index (Phi) is 3.92. The average molecular weight is 274 g/mol. The summed E-state index contributed by atoms with van der Waals surface area (Å²) < 4.78 is 5.30. The zero-order valence-electron chi connectivity index (χ0n) is 9.45. The number of carbonyl (C=O) groups is 1. The maximum absolute atomic E-state index is 12.2. The third-order valence-electron chi connectivity index (χ3n) is 2.80. The van der Waals surface area contributed by atoms with Gasteiger partial charge in [-0.05, 0) is 25.1 Å². The minimum atomic E-state index is -0.0284. The van der Waals surface area contributed by atoms with E-state index in [2.05, 4.69) is 0 Å². The Labute approximate surface area is 110 Å². The summed E-state index contributed by atoms with van der Waals surface area (Å²) in [6, 6.07) is 5.03. The van der Waals surface area contributed by atoms with Gasteiger partial charge >= 0.3 is 0 Å². The molecule has 1 saturated heterocycles. The van der Waals surface area contributed by atoms with Crippen LogP contribution < -0.4 is 0 Å². The van der Waals surface area contributed by atoms with E-state index in [-0.39, 0.29) is 11.9 Å². The van der Waals surface area contributed by atoms with Crippen molar-refractivity contribution < 1.29 is 9.53 Å². The molecule has 0 spiro atoms. The fraction of sp³-hybridized carbons (Fsp3) is 0.417. The molecule has 2 rings (SSSR count). The highest BCUT2D eigenvalue weighted by Crippen LogP contribution is 2.24. The van der Waals surface area contributed by atoms with E-state index >= 15 is 0 Å². The SMILES string of the molecule is CC1COCCN1C(=O)c1ccc(Cl)c(Cl)c1. The van der Waals surface area contributed by atoms with Crippen LogP contribution in [-0.2, 0) is 4.74 Å². The Morgan fingerprint density at radius 2 is 2.18 bits per heavy atom. The van der Waals surface area contributed by atoms with Crippen molar-refractivity contribution in [1.29, 1.82) is 0 Å². The van der Waals surface area contributed by atoms with Crippen molar-refractivity contribution in [3.8, 4) is 0 Å². The Balaban J connectivity index is 2.21. The lowest BCUT2D eigenvalue weighted by Crippen LogP contribution is -2.47. The molecule has 1 fully saturated rings. The predicted octanol–water partition coefficient (Wildman–Crippen LogP) is 2.85. The summed E-state index contributed by atoms with van der Waals surface area (Å²) in [7, 11) is 0. The number of halogens is 2. The van der Waals surface area contributed by atoms with Gasteiger partial charge in [-0.3, -0.25) is 4.79 Å². The van der Waals surface area contributed by atoms with Crippen molar-refractivity contribution in [2.24, 2.45) is 0 Å². The molecular weight excluding hydrogens is 261 g/mol. The van der Waals surface area contributed by atoms with E-state index in [1.54, 1.807) is 23.1 Å². The summed E-state index contributed by atoms with van der Waals surface area (Å²) in [6.07, 6.45) is 0. The number of ether oxygens (including phenoxy) is 1. The predicted molar refractivity (Wildman–Crippen MR) is 67.8 cm³/mol. The van der Waals surface area contributed by atoms with Crippen molar-refractivity contribution in [2.75, 3.05) is 19.8 Å². The maximum Gasteiger partial charge on any atom is 0.254 e. The van der Waals surface area contributed by atoms with Gasteiger partial charge in [-0.2, -0.15) is 0 Å². The smallest absolute Gasteiger partial charge is 0.254 e. The van der Waals surface area contributed by atoms with Crippen LogP contribution in [0.4, 0.5) is 0 Å². The van der Waals surface area contributed by atoms with E-state index in [0.717, 1.165) is 0 Å². The molecule has 17 heavy (non-hydrogen) atoms. The van der Waals surface area contributed by atoms with Gasteiger partial charge in [0, 0.05) is 12.1 Å². The maximum atomic E-state index is 12.2. The number of amides is 1. The van der Waals surface area contributed by atoms with Gasteiger partial charge in [-0.1, -0.05) is 23.2 Å². The molecule has 0 saturated carbocycles. The van der Waals surface area contributed by atoms with Gasteiger partial charge in [0.05, 0.1) is 29.3 Å². The molecule has 1 amide bonds. The Bertz CT molecular complexity index is 437. The van der Waals surface area contributed by atoms with Crippen molar-refractivity contribution in [1.82, 2.24) is 4.90 Å². The number of nitrogens with zero attached hydrogens (tertiary/aromatic N) is 1. The van der Waals surface area contributed by atoms with Gasteiger partial charge in [-0.25, -0.2) is 0 Å². The van der Waals surface area contributed by atoms with Crippen LogP contribution in [0.3, 0.4) is 0 Å². The highest BCUT2D eigenvalue weighted by molar-refractivity contribution is 6.42. The molecular formula is C12H13Cl2NO2. The van der Waals surface area contributed by atoms with Crippen LogP contribution in [0.2, 0.25) is 10.0 Å². The molecule has 1 heterocycles. The molecule has 1 unspecified atom stereocenters. The third kappa shape index (κ3) is 2.73. The quantitative estimate of drug-likeness (QED) is 0.788. The van der Waals surface area contributed by atoms with Crippen LogP contribution >= 0.6 is 23.2 Å². The van der Waals surface area contributed by atoms with E-state index in [1.807, 2.05) is 6.92 Å². The van der Waals surface area contributed by atoms with Crippen LogP contribution in [0.5, 0.6) is 0 Å². The summed E-state index contributed by atoms with van der Waals surface area (Å²) >= 11 is 11.7. The lowest BCUT2D eigenvalue weighted by Gasteiger charge is -2.33. The molecule has 1 aromatic carbocycles. The number of hydrogen-bond donors (Lipinski definition) is 0. The zero-order chi connectivity index (χ0) is 12.4. The third-order valence-corrected chi connectivity index (χ3v) is 3.53. The number of benzene rings is 1. The van der Waals surface area contributed by atoms with Crippen molar-refractivity contribution in [3.05, 3.63) is 33.8 Å². The van der Waals surface area contributed by atoms with Crippen molar-refractivity contribution in [3.63, 3.8) is 0 Å². The van der Waals surface area contributed by atoms with Crippen LogP contribution in [0, 0.1) is 0 Å². The summed E-state index contributed by atoms with van der Waals surface area (Å²) in [4.78, 5) is 14.0. The highest BCUT2D eigenvalue weighted by atomic mass is 35.5. The average Bonchev–Trinajstić information content (AvgIpc) is 2.32. The first-order valence-corrected chi connectivity index (χ1v) is 6.19. The van der Waals surface area contributed by atoms with Gasteiger partial charge in [0.2, 0.25) is 0 Å². The normalized spacial score (nSPS) is 20.4. The topological polar surface area (TPSA) is 29.5 Å². The van der Waals surface area contributed by atoms with Gasteiger partial charge < -0.3 is 9.64 Å². The number of morpholine rings is 1. The first-order chi connectivity index (χ1) is 8.09. The number of carbonyl (C=O) groups excluding carboxylic acids is 1. The summed E-state index contributed by atoms with van der Waals surface area (Å²) in [5, 5.41) is 0.858. The lowest BCUT2D eigenvalue weighted by molar-refractivity contribution is 0.00359. The summed E-state index contributed by atoms with van der Waals surface area (Å²) in [6.45, 7) is 3.74. The second-order valence-corrected chi connectivity index (χ2v) is 4.87. The summed E-state index contributed by atoms with van der Waals surface area (Å²) in [5.41, 5.74) is 0.563. The number of rotatable bonds is 1. The Morgan fingerprint density at radius 3 is 2.82 bits per heavy atom. The van der Waals surface area contributed by atoms with E-state index < -0.39 is 0 Å². The molecule has 5 heteroatoms. The lowest BCUT2D eigenvalue weighted by atomic mass is 10.1. The Hall–Kier alpha value is -0.770. The van der Waals surface area contributed by atoms with Crippen LogP contribution in [0.15, 0.2) is 18.2 Å². The first kappa shape index (κ1) is 12.7. The second kappa shape index (κ2) is 5.25. The molecule has 0 aliphatic carbocycles. The molecule has 92 valence electrons. The molecule has 0 N–H and O–H groups in total. The molecule has 1 atom stereocenters. The molecule has 1 aromatic rings. The van der Waals surface area contributed by atoms with Crippen LogP contribution in [0.1, 0.15) is 17.3 Å². The molecule has 0 radical (unpaired) electrons. The van der Waals surface area contributed by atoms with E-state index in [9.17, 15) is 4.79 Å². The van der Waals surface area contributed by atoms with Gasteiger partial charge in [0.25, 0.3) is 5.91 Å². The molecule has 1 aliphatic rings. The molecule has 1 aliphatic heterocycles. The summed E-state index contributed by atoms with van der Waals surface area (Å²) in [5.74, 6) is -0.0284. The van der Waals surface area contributed by atoms with E-state index in [4.69, 9.17) is 27.9 Å². The van der Waals surface area contributed by atoms with Gasteiger partial charge in [0.1, 0.15) is 0 Å². The molecule has 0 bridgehead atoms. The first-order valence-electron chi connectivity index (χ1n) is 5.43. The van der Waals surface area contributed by atoms with Crippen molar-refractivity contribution >= 4 is 29.1 Å². The van der Waals surface area contributed by atoms with E-state index in [1.165, 1.54) is 0 Å².